The molecule has 1 aliphatic heterocycles. The summed E-state index contributed by atoms with van der Waals surface area (Å²) in [5.41, 5.74) is 3.29. The van der Waals surface area contributed by atoms with Crippen LogP contribution in [0.5, 0.6) is 0 Å². The summed E-state index contributed by atoms with van der Waals surface area (Å²) in [5, 5.41) is 4.84. The van der Waals surface area contributed by atoms with E-state index in [-0.39, 0.29) is 5.91 Å². The summed E-state index contributed by atoms with van der Waals surface area (Å²) in [7, 11) is 2.23. The number of hydrogen-bond donors (Lipinski definition) is 0. The number of amides is 1. The summed E-state index contributed by atoms with van der Waals surface area (Å²) in [6.45, 7) is 12.8. The van der Waals surface area contributed by atoms with E-state index in [1.807, 2.05) is 4.90 Å². The molecule has 1 aromatic heterocycles. The zero-order valence-electron chi connectivity index (χ0n) is 17.3. The van der Waals surface area contributed by atoms with Crippen molar-refractivity contribution in [2.75, 3.05) is 26.7 Å². The fraction of sp³-hybridized carbons (Fsp3) is 0.810. The lowest BCUT2D eigenvalue weighted by atomic mass is 9.89. The third kappa shape index (κ3) is 4.13. The van der Waals surface area contributed by atoms with Crippen molar-refractivity contribution >= 4 is 5.91 Å². The normalized spacial score (nSPS) is 20.5. The maximum atomic E-state index is 13.1. The molecule has 1 aliphatic carbocycles. The third-order valence-corrected chi connectivity index (χ3v) is 5.73. The van der Waals surface area contributed by atoms with Crippen molar-refractivity contribution < 1.29 is 4.79 Å². The summed E-state index contributed by atoms with van der Waals surface area (Å²) in [5.74, 6) is 1.36. The zero-order valence-corrected chi connectivity index (χ0v) is 17.3. The molecule has 1 saturated heterocycles. The van der Waals surface area contributed by atoms with Gasteiger partial charge in [-0.25, -0.2) is 0 Å². The Morgan fingerprint density at radius 1 is 1.19 bits per heavy atom. The topological polar surface area (TPSA) is 41.4 Å². The summed E-state index contributed by atoms with van der Waals surface area (Å²) >= 11 is 0. The Balaban J connectivity index is 1.88. The van der Waals surface area contributed by atoms with Gasteiger partial charge in [0, 0.05) is 43.5 Å². The van der Waals surface area contributed by atoms with Gasteiger partial charge in [0.1, 0.15) is 0 Å². The first-order valence-electron chi connectivity index (χ1n) is 10.4. The second-order valence-electron chi connectivity index (χ2n) is 9.08. The Kier molecular flexibility index (Phi) is 6.06. The van der Waals surface area contributed by atoms with Crippen LogP contribution < -0.4 is 0 Å². The second kappa shape index (κ2) is 8.12. The highest BCUT2D eigenvalue weighted by Gasteiger charge is 2.33. The van der Waals surface area contributed by atoms with E-state index in [2.05, 4.69) is 44.3 Å². The fourth-order valence-electron chi connectivity index (χ4n) is 4.51. The van der Waals surface area contributed by atoms with Crippen LogP contribution in [0.15, 0.2) is 0 Å². The number of likely N-dealkylation sites (tertiary alicyclic amines) is 1. The monoisotopic (exact) mass is 360 g/mol. The van der Waals surface area contributed by atoms with Crippen molar-refractivity contribution in [3.8, 4) is 0 Å². The highest BCUT2D eigenvalue weighted by Crippen LogP contribution is 2.29. The minimum absolute atomic E-state index is 0.161. The number of hydrogen-bond acceptors (Lipinski definition) is 3. The molecule has 0 bridgehead atoms. The molecule has 2 heterocycles. The van der Waals surface area contributed by atoms with Crippen LogP contribution in [0.1, 0.15) is 68.7 Å². The molecular formula is C21H36N4O. The molecule has 1 unspecified atom stereocenters. The number of rotatable bonds is 6. The van der Waals surface area contributed by atoms with Gasteiger partial charge in [-0.2, -0.15) is 5.10 Å². The van der Waals surface area contributed by atoms with Gasteiger partial charge in [-0.15, -0.1) is 0 Å². The molecule has 2 aliphatic rings. The van der Waals surface area contributed by atoms with Crippen molar-refractivity contribution in [1.29, 1.82) is 0 Å². The molecular weight excluding hydrogens is 324 g/mol. The standard InChI is InChI=1S/C21H36N4O/c1-15(2)13-23(5)17-8-9-19-18(12-17)20(22-25(19)14-16(3)4)21(26)24-10-6-7-11-24/h15-17H,6-14H2,1-5H3. The molecule has 1 aromatic rings. The molecule has 0 radical (unpaired) electrons. The lowest BCUT2D eigenvalue weighted by Gasteiger charge is -2.33. The van der Waals surface area contributed by atoms with Crippen molar-refractivity contribution in [3.05, 3.63) is 17.0 Å². The van der Waals surface area contributed by atoms with Crippen molar-refractivity contribution in [2.45, 2.75) is 72.4 Å². The van der Waals surface area contributed by atoms with E-state index < -0.39 is 0 Å². The molecule has 5 heteroatoms. The SMILES string of the molecule is CC(C)CN(C)C1CCc2c(c(C(=O)N3CCCC3)nn2CC(C)C)C1. The molecule has 5 nitrogen and oxygen atoms in total. The van der Waals surface area contributed by atoms with Gasteiger partial charge in [0.25, 0.3) is 5.91 Å². The summed E-state index contributed by atoms with van der Waals surface area (Å²) in [6.07, 6.45) is 5.42. The number of carbonyl (C=O) groups excluding carboxylic acids is 1. The Labute approximate surface area is 158 Å². The largest absolute Gasteiger partial charge is 0.337 e. The van der Waals surface area contributed by atoms with Gasteiger partial charge in [0.2, 0.25) is 0 Å². The average molecular weight is 361 g/mol. The Bertz CT molecular complexity index is 628. The van der Waals surface area contributed by atoms with E-state index in [4.69, 9.17) is 5.10 Å². The molecule has 0 saturated carbocycles. The molecule has 1 atom stereocenters. The van der Waals surface area contributed by atoms with Crippen LogP contribution in [0.25, 0.3) is 0 Å². The second-order valence-corrected chi connectivity index (χ2v) is 9.08. The molecule has 146 valence electrons. The van der Waals surface area contributed by atoms with E-state index in [0.29, 0.717) is 17.9 Å². The van der Waals surface area contributed by atoms with Crippen LogP contribution in [-0.4, -0.2) is 58.2 Å². The Morgan fingerprint density at radius 3 is 2.50 bits per heavy atom. The molecule has 0 aromatic carbocycles. The van der Waals surface area contributed by atoms with Gasteiger partial charge in [-0.3, -0.25) is 9.48 Å². The smallest absolute Gasteiger partial charge is 0.274 e. The number of aromatic nitrogens is 2. The van der Waals surface area contributed by atoms with Crippen LogP contribution in [0.3, 0.4) is 0 Å². The first-order chi connectivity index (χ1) is 12.4. The summed E-state index contributed by atoms with van der Waals surface area (Å²) in [4.78, 5) is 17.6. The van der Waals surface area contributed by atoms with Gasteiger partial charge < -0.3 is 9.80 Å². The minimum Gasteiger partial charge on any atom is -0.337 e. The quantitative estimate of drug-likeness (QED) is 0.782. The fourth-order valence-corrected chi connectivity index (χ4v) is 4.51. The van der Waals surface area contributed by atoms with Gasteiger partial charge in [0.15, 0.2) is 5.69 Å². The van der Waals surface area contributed by atoms with E-state index >= 15 is 0 Å². The molecule has 1 fully saturated rings. The number of likely N-dealkylation sites (N-methyl/N-ethyl adjacent to an activating group) is 1. The third-order valence-electron chi connectivity index (χ3n) is 5.73. The van der Waals surface area contributed by atoms with E-state index in [1.165, 1.54) is 11.3 Å². The van der Waals surface area contributed by atoms with E-state index in [9.17, 15) is 4.79 Å². The van der Waals surface area contributed by atoms with Crippen LogP contribution >= 0.6 is 0 Å². The first kappa shape index (κ1) is 19.4. The number of fused-ring (bicyclic) bond motifs is 1. The van der Waals surface area contributed by atoms with Gasteiger partial charge in [-0.05, 0) is 51.0 Å². The molecule has 0 N–H and O–H groups in total. The minimum atomic E-state index is 0.161. The van der Waals surface area contributed by atoms with E-state index in [0.717, 1.165) is 64.0 Å². The zero-order chi connectivity index (χ0) is 18.8. The van der Waals surface area contributed by atoms with Crippen LogP contribution in [0, 0.1) is 11.8 Å². The predicted molar refractivity (Wildman–Crippen MR) is 105 cm³/mol. The maximum Gasteiger partial charge on any atom is 0.274 e. The highest BCUT2D eigenvalue weighted by molar-refractivity contribution is 5.94. The van der Waals surface area contributed by atoms with Gasteiger partial charge in [-0.1, -0.05) is 27.7 Å². The number of carbonyl (C=O) groups is 1. The lowest BCUT2D eigenvalue weighted by Crippen LogP contribution is -2.39. The van der Waals surface area contributed by atoms with Crippen molar-refractivity contribution in [3.63, 3.8) is 0 Å². The molecule has 1 amide bonds. The van der Waals surface area contributed by atoms with Gasteiger partial charge >= 0.3 is 0 Å². The van der Waals surface area contributed by atoms with Crippen molar-refractivity contribution in [2.24, 2.45) is 11.8 Å². The summed E-state index contributed by atoms with van der Waals surface area (Å²) < 4.78 is 2.14. The predicted octanol–water partition coefficient (Wildman–Crippen LogP) is 3.22. The van der Waals surface area contributed by atoms with Gasteiger partial charge in [0.05, 0.1) is 0 Å². The van der Waals surface area contributed by atoms with E-state index in [1.54, 1.807) is 0 Å². The van der Waals surface area contributed by atoms with Crippen LogP contribution in [-0.2, 0) is 19.4 Å². The molecule has 0 spiro atoms. The highest BCUT2D eigenvalue weighted by atomic mass is 16.2. The molecule has 3 rings (SSSR count). The lowest BCUT2D eigenvalue weighted by molar-refractivity contribution is 0.0784. The summed E-state index contributed by atoms with van der Waals surface area (Å²) in [6, 6.07) is 0.520. The van der Waals surface area contributed by atoms with Crippen LogP contribution in [0.2, 0.25) is 0 Å². The van der Waals surface area contributed by atoms with Crippen LogP contribution in [0.4, 0.5) is 0 Å². The Morgan fingerprint density at radius 2 is 1.88 bits per heavy atom. The Hall–Kier alpha value is -1.36. The number of nitrogens with zero attached hydrogens (tertiary/aromatic N) is 4. The average Bonchev–Trinajstić information content (AvgIpc) is 3.21. The van der Waals surface area contributed by atoms with Crippen molar-refractivity contribution in [1.82, 2.24) is 19.6 Å². The maximum absolute atomic E-state index is 13.1. The first-order valence-corrected chi connectivity index (χ1v) is 10.4. The molecule has 26 heavy (non-hydrogen) atoms.